The van der Waals surface area contributed by atoms with Gasteiger partial charge >= 0.3 is 0 Å². The summed E-state index contributed by atoms with van der Waals surface area (Å²) in [6.07, 6.45) is 2.99. The van der Waals surface area contributed by atoms with Crippen LogP contribution in [0.2, 0.25) is 0 Å². The van der Waals surface area contributed by atoms with Crippen molar-refractivity contribution in [3.8, 4) is 0 Å². The fraction of sp³-hybridized carbons (Fsp3) is 0.615. The average Bonchev–Trinajstić information content (AvgIpc) is 2.47. The van der Waals surface area contributed by atoms with Gasteiger partial charge in [0.05, 0.1) is 0 Å². The van der Waals surface area contributed by atoms with Crippen LogP contribution in [0.5, 0.6) is 0 Å². The molecule has 1 aromatic heterocycles. The Hall–Kier alpha value is -1.50. The van der Waals surface area contributed by atoms with Crippen LogP contribution >= 0.6 is 11.8 Å². The monoisotopic (exact) mass is 295 g/mol. The van der Waals surface area contributed by atoms with Crippen molar-refractivity contribution in [2.75, 3.05) is 36.1 Å². The van der Waals surface area contributed by atoms with Crippen LogP contribution in [-0.4, -0.2) is 47.8 Å². The number of anilines is 2. The van der Waals surface area contributed by atoms with Gasteiger partial charge in [-0.15, -0.1) is 0 Å². The molecule has 1 saturated heterocycles. The Morgan fingerprint density at radius 2 is 2.35 bits per heavy atom. The minimum Gasteiger partial charge on any atom is -0.370 e. The van der Waals surface area contributed by atoms with E-state index in [0.29, 0.717) is 6.54 Å². The molecule has 0 aromatic carbocycles. The van der Waals surface area contributed by atoms with Gasteiger partial charge in [-0.05, 0) is 19.6 Å². The quantitative estimate of drug-likeness (QED) is 0.631. The minimum absolute atomic E-state index is 0.0450. The number of carbonyl (C=O) groups is 1. The van der Waals surface area contributed by atoms with Gasteiger partial charge in [-0.1, -0.05) is 18.7 Å². The number of thioether (sulfide) groups is 1. The van der Waals surface area contributed by atoms with E-state index in [1.54, 1.807) is 0 Å². The fourth-order valence-corrected chi connectivity index (χ4v) is 2.46. The molecule has 1 aliphatic rings. The molecule has 0 aliphatic carbocycles. The van der Waals surface area contributed by atoms with E-state index in [4.69, 9.17) is 0 Å². The zero-order valence-electron chi connectivity index (χ0n) is 12.1. The SMILES string of the molecule is CCCNc1cc(N2CCNC(=O)C2C)nc(SC)n1. The fourth-order valence-electron chi connectivity index (χ4n) is 2.09. The van der Waals surface area contributed by atoms with Gasteiger partial charge in [0.2, 0.25) is 5.91 Å². The van der Waals surface area contributed by atoms with Crippen LogP contribution in [0.3, 0.4) is 0 Å². The normalized spacial score (nSPS) is 18.9. The second-order valence-electron chi connectivity index (χ2n) is 4.69. The Kier molecular flexibility index (Phi) is 5.05. The van der Waals surface area contributed by atoms with E-state index in [0.717, 1.165) is 36.3 Å². The summed E-state index contributed by atoms with van der Waals surface area (Å²) in [5, 5.41) is 6.87. The minimum atomic E-state index is -0.201. The highest BCUT2D eigenvalue weighted by Gasteiger charge is 2.27. The second-order valence-corrected chi connectivity index (χ2v) is 5.46. The maximum Gasteiger partial charge on any atom is 0.242 e. The second kappa shape index (κ2) is 6.78. The molecule has 0 saturated carbocycles. The molecule has 6 nitrogen and oxygen atoms in total. The molecule has 1 unspecified atom stereocenters. The number of amides is 1. The van der Waals surface area contributed by atoms with Crippen LogP contribution in [0.15, 0.2) is 11.2 Å². The third-order valence-electron chi connectivity index (χ3n) is 3.22. The third kappa shape index (κ3) is 3.33. The van der Waals surface area contributed by atoms with Gasteiger partial charge in [0, 0.05) is 25.7 Å². The van der Waals surface area contributed by atoms with Crippen molar-refractivity contribution in [2.24, 2.45) is 0 Å². The summed E-state index contributed by atoms with van der Waals surface area (Å²) in [6, 6.07) is 1.72. The number of carbonyl (C=O) groups excluding carboxylic acids is 1. The van der Waals surface area contributed by atoms with E-state index < -0.39 is 0 Å². The molecular formula is C13H21N5OS. The Morgan fingerprint density at radius 3 is 3.05 bits per heavy atom. The summed E-state index contributed by atoms with van der Waals surface area (Å²) < 4.78 is 0. The lowest BCUT2D eigenvalue weighted by atomic mass is 10.2. The van der Waals surface area contributed by atoms with Crippen molar-refractivity contribution < 1.29 is 4.79 Å². The van der Waals surface area contributed by atoms with Crippen molar-refractivity contribution in [3.05, 3.63) is 6.07 Å². The first-order valence-corrected chi connectivity index (χ1v) is 8.09. The molecule has 7 heteroatoms. The van der Waals surface area contributed by atoms with Crippen molar-refractivity contribution in [1.29, 1.82) is 0 Å². The zero-order valence-corrected chi connectivity index (χ0v) is 13.0. The van der Waals surface area contributed by atoms with Gasteiger partial charge < -0.3 is 15.5 Å². The maximum absolute atomic E-state index is 11.8. The molecule has 1 aliphatic heterocycles. The molecule has 1 amide bonds. The number of rotatable bonds is 5. The maximum atomic E-state index is 11.8. The highest BCUT2D eigenvalue weighted by Crippen LogP contribution is 2.22. The van der Waals surface area contributed by atoms with Crippen molar-refractivity contribution in [1.82, 2.24) is 15.3 Å². The molecule has 2 N–H and O–H groups in total. The van der Waals surface area contributed by atoms with E-state index in [1.807, 2.05) is 24.1 Å². The van der Waals surface area contributed by atoms with Gasteiger partial charge in [0.15, 0.2) is 5.16 Å². The Morgan fingerprint density at radius 1 is 1.55 bits per heavy atom. The summed E-state index contributed by atoms with van der Waals surface area (Å²) >= 11 is 1.51. The molecule has 2 rings (SSSR count). The first kappa shape index (κ1) is 14.9. The first-order chi connectivity index (χ1) is 9.65. The molecule has 0 radical (unpaired) electrons. The van der Waals surface area contributed by atoms with Crippen LogP contribution in [0.4, 0.5) is 11.6 Å². The van der Waals surface area contributed by atoms with E-state index in [2.05, 4.69) is 27.5 Å². The Bertz CT molecular complexity index is 482. The van der Waals surface area contributed by atoms with Crippen LogP contribution in [0, 0.1) is 0 Å². The van der Waals surface area contributed by atoms with E-state index in [9.17, 15) is 4.79 Å². The van der Waals surface area contributed by atoms with Crippen molar-refractivity contribution in [2.45, 2.75) is 31.5 Å². The smallest absolute Gasteiger partial charge is 0.242 e. The molecule has 20 heavy (non-hydrogen) atoms. The first-order valence-electron chi connectivity index (χ1n) is 6.87. The predicted molar refractivity (Wildman–Crippen MR) is 82.4 cm³/mol. The number of piperazine rings is 1. The van der Waals surface area contributed by atoms with Gasteiger partial charge in [0.1, 0.15) is 17.7 Å². The molecule has 110 valence electrons. The number of aromatic nitrogens is 2. The van der Waals surface area contributed by atoms with Crippen molar-refractivity contribution in [3.63, 3.8) is 0 Å². The number of nitrogens with one attached hydrogen (secondary N) is 2. The Labute approximate surface area is 123 Å². The van der Waals surface area contributed by atoms with Gasteiger partial charge in [-0.25, -0.2) is 9.97 Å². The summed E-state index contributed by atoms with van der Waals surface area (Å²) in [5.41, 5.74) is 0. The van der Waals surface area contributed by atoms with Gasteiger partial charge in [0.25, 0.3) is 0 Å². The summed E-state index contributed by atoms with van der Waals surface area (Å²) in [4.78, 5) is 22.8. The number of hydrogen-bond acceptors (Lipinski definition) is 6. The van der Waals surface area contributed by atoms with E-state index in [-0.39, 0.29) is 11.9 Å². The van der Waals surface area contributed by atoms with Crippen LogP contribution in [0.25, 0.3) is 0 Å². The number of nitrogens with zero attached hydrogens (tertiary/aromatic N) is 3. The summed E-state index contributed by atoms with van der Waals surface area (Å²) in [7, 11) is 0. The average molecular weight is 295 g/mol. The molecule has 0 spiro atoms. The van der Waals surface area contributed by atoms with Crippen LogP contribution in [0.1, 0.15) is 20.3 Å². The van der Waals surface area contributed by atoms with E-state index in [1.165, 1.54) is 11.8 Å². The highest BCUT2D eigenvalue weighted by atomic mass is 32.2. The third-order valence-corrected chi connectivity index (χ3v) is 3.77. The lowest BCUT2D eigenvalue weighted by Gasteiger charge is -2.33. The zero-order chi connectivity index (χ0) is 14.5. The molecule has 1 aromatic rings. The summed E-state index contributed by atoms with van der Waals surface area (Å²) in [5.74, 6) is 1.67. The molecular weight excluding hydrogens is 274 g/mol. The highest BCUT2D eigenvalue weighted by molar-refractivity contribution is 7.98. The molecule has 1 atom stereocenters. The molecule has 0 bridgehead atoms. The molecule has 1 fully saturated rings. The van der Waals surface area contributed by atoms with Crippen LogP contribution in [-0.2, 0) is 4.79 Å². The lowest BCUT2D eigenvalue weighted by Crippen LogP contribution is -2.54. The number of hydrogen-bond donors (Lipinski definition) is 2. The standard InChI is InChI=1S/C13H21N5OS/c1-4-5-14-10-8-11(17-13(16-10)20-3)18-7-6-15-12(19)9(18)2/h8-9H,4-7H2,1-3H3,(H,15,19)(H,14,16,17). The van der Waals surface area contributed by atoms with Crippen molar-refractivity contribution >= 4 is 29.3 Å². The lowest BCUT2D eigenvalue weighted by molar-refractivity contribution is -0.122. The van der Waals surface area contributed by atoms with E-state index >= 15 is 0 Å². The van der Waals surface area contributed by atoms with Crippen LogP contribution < -0.4 is 15.5 Å². The topological polar surface area (TPSA) is 70.2 Å². The summed E-state index contributed by atoms with van der Waals surface area (Å²) in [6.45, 7) is 6.31. The van der Waals surface area contributed by atoms with Gasteiger partial charge in [-0.3, -0.25) is 4.79 Å². The molecule has 2 heterocycles. The predicted octanol–water partition coefficient (Wildman–Crippen LogP) is 1.35. The largest absolute Gasteiger partial charge is 0.370 e. The van der Waals surface area contributed by atoms with Gasteiger partial charge in [-0.2, -0.15) is 0 Å². The Balaban J connectivity index is 2.27.